The van der Waals surface area contributed by atoms with E-state index in [4.69, 9.17) is 25.3 Å². The first-order valence-electron chi connectivity index (χ1n) is 9.71. The molecule has 0 radical (unpaired) electrons. The molecule has 0 heterocycles. The van der Waals surface area contributed by atoms with Gasteiger partial charge in [-0.3, -0.25) is 0 Å². The monoisotopic (exact) mass is 358 g/mol. The minimum Gasteiger partial charge on any atom is -0.176 e. The molecule has 1 aliphatic rings. The van der Waals surface area contributed by atoms with Gasteiger partial charge < -0.3 is 0 Å². The van der Waals surface area contributed by atoms with E-state index in [0.717, 1.165) is 0 Å². The summed E-state index contributed by atoms with van der Waals surface area (Å²) in [4.78, 5) is 0. The fraction of sp³-hybridized carbons (Fsp3) is 1.00. The van der Waals surface area contributed by atoms with Gasteiger partial charge in [0.05, 0.1) is 0 Å². The van der Waals surface area contributed by atoms with Crippen molar-refractivity contribution in [3.63, 3.8) is 0 Å². The first kappa shape index (κ1) is 21.7. The molecule has 7 atom stereocenters. The van der Waals surface area contributed by atoms with E-state index in [1.807, 2.05) is 0 Å². The summed E-state index contributed by atoms with van der Waals surface area (Å²) in [6, 6.07) is 0. The second kappa shape index (κ2) is 7.94. The summed E-state index contributed by atoms with van der Waals surface area (Å²) >= 11 is 9.75. The molecule has 0 aromatic heterocycles. The Balaban J connectivity index is 3.25. The number of hydrogen-bond donors (Lipinski definition) is 2. The second-order valence-electron chi connectivity index (χ2n) is 9.70. The molecule has 2 heteroatoms. The largest absolute Gasteiger partial charge is 0.176 e. The molecule has 1 saturated carbocycles. The summed E-state index contributed by atoms with van der Waals surface area (Å²) in [5.74, 6) is 3.48. The first-order chi connectivity index (χ1) is 10.3. The Morgan fingerprint density at radius 2 is 1.04 bits per heavy atom. The van der Waals surface area contributed by atoms with Crippen LogP contribution >= 0.6 is 25.3 Å². The maximum Gasteiger partial charge on any atom is 0.00219 e. The van der Waals surface area contributed by atoms with Crippen LogP contribution in [-0.2, 0) is 0 Å². The van der Waals surface area contributed by atoms with Crippen LogP contribution in [0.5, 0.6) is 0 Å². The predicted molar refractivity (Wildman–Crippen MR) is 113 cm³/mol. The SMILES string of the molecule is CC(S)C1CCCC(C(C)S)C(C)(C)[C@@H](C)[C@@H](C)[C@@H](C)C1(C)C. The summed E-state index contributed by atoms with van der Waals surface area (Å²) < 4.78 is 0. The molecule has 0 spiro atoms. The lowest BCUT2D eigenvalue weighted by atomic mass is 9.55. The van der Waals surface area contributed by atoms with Gasteiger partial charge in [0, 0.05) is 10.5 Å². The van der Waals surface area contributed by atoms with Gasteiger partial charge in [0.2, 0.25) is 0 Å². The van der Waals surface area contributed by atoms with Crippen molar-refractivity contribution in [2.75, 3.05) is 0 Å². The third kappa shape index (κ3) is 4.46. The minimum absolute atomic E-state index is 0.338. The van der Waals surface area contributed by atoms with E-state index < -0.39 is 0 Å². The third-order valence-electron chi connectivity index (χ3n) is 8.03. The molecule has 0 aliphatic heterocycles. The summed E-state index contributed by atoms with van der Waals surface area (Å²) in [6.07, 6.45) is 3.91. The lowest BCUT2D eigenvalue weighted by Crippen LogP contribution is -2.46. The summed E-state index contributed by atoms with van der Waals surface area (Å²) in [6.45, 7) is 22.0. The quantitative estimate of drug-likeness (QED) is 0.488. The van der Waals surface area contributed by atoms with Crippen LogP contribution < -0.4 is 0 Å². The first-order valence-corrected chi connectivity index (χ1v) is 10.7. The molecule has 1 rings (SSSR count). The van der Waals surface area contributed by atoms with E-state index in [-0.39, 0.29) is 0 Å². The Kier molecular flexibility index (Phi) is 7.50. The Hall–Kier alpha value is 0.700. The standard InChI is InChI=1S/C21H42S2/c1-13-14(2)20(6,7)18(16(4)22)11-10-12-19(17(5)23)21(8,9)15(13)3/h13-19,22-23H,10-12H2,1-9H3/t13-,14+,15-,16?,17?,18?,19?. The molecule has 0 amide bonds. The smallest absolute Gasteiger partial charge is 0.00219 e. The molecule has 138 valence electrons. The molecule has 0 saturated heterocycles. The molecule has 0 nitrogen and oxygen atoms in total. The van der Waals surface area contributed by atoms with Crippen molar-refractivity contribution >= 4 is 25.3 Å². The Morgan fingerprint density at radius 3 is 1.30 bits per heavy atom. The lowest BCUT2D eigenvalue weighted by Gasteiger charge is -2.52. The van der Waals surface area contributed by atoms with Gasteiger partial charge in [0.15, 0.2) is 0 Å². The molecule has 0 aromatic rings. The summed E-state index contributed by atoms with van der Waals surface area (Å²) in [5, 5.41) is 0.934. The predicted octanol–water partition coefficient (Wildman–Crippen LogP) is 7.00. The average Bonchev–Trinajstić information content (AvgIpc) is 2.42. The van der Waals surface area contributed by atoms with Crippen molar-refractivity contribution in [2.45, 2.75) is 92.1 Å². The van der Waals surface area contributed by atoms with Gasteiger partial charge in [-0.2, -0.15) is 25.3 Å². The Bertz CT molecular complexity index is 336. The highest BCUT2D eigenvalue weighted by atomic mass is 32.1. The third-order valence-corrected chi connectivity index (χ3v) is 8.75. The molecular formula is C21H42S2. The highest BCUT2D eigenvalue weighted by molar-refractivity contribution is 7.81. The molecule has 0 aromatic carbocycles. The fourth-order valence-electron chi connectivity index (χ4n) is 5.49. The van der Waals surface area contributed by atoms with Crippen LogP contribution in [0.15, 0.2) is 0 Å². The van der Waals surface area contributed by atoms with Crippen molar-refractivity contribution in [3.05, 3.63) is 0 Å². The maximum absolute atomic E-state index is 4.87. The van der Waals surface area contributed by atoms with Gasteiger partial charge in [-0.15, -0.1) is 0 Å². The average molecular weight is 359 g/mol. The molecule has 0 bridgehead atoms. The fourth-order valence-corrected chi connectivity index (χ4v) is 6.56. The van der Waals surface area contributed by atoms with Crippen LogP contribution in [0.1, 0.15) is 81.6 Å². The summed E-state index contributed by atoms with van der Waals surface area (Å²) in [7, 11) is 0. The Morgan fingerprint density at radius 1 is 0.739 bits per heavy atom. The van der Waals surface area contributed by atoms with Crippen molar-refractivity contribution in [1.29, 1.82) is 0 Å². The van der Waals surface area contributed by atoms with E-state index in [1.54, 1.807) is 0 Å². The summed E-state index contributed by atoms with van der Waals surface area (Å²) in [5.41, 5.74) is 0.675. The van der Waals surface area contributed by atoms with E-state index in [9.17, 15) is 0 Å². The van der Waals surface area contributed by atoms with Crippen molar-refractivity contribution in [2.24, 2.45) is 40.4 Å². The minimum atomic E-state index is 0.338. The number of thiol groups is 2. The lowest BCUT2D eigenvalue weighted by molar-refractivity contribution is -0.00844. The molecular weight excluding hydrogens is 316 g/mol. The van der Waals surface area contributed by atoms with Crippen LogP contribution in [0.25, 0.3) is 0 Å². The maximum atomic E-state index is 4.87. The van der Waals surface area contributed by atoms with E-state index in [0.29, 0.717) is 50.9 Å². The van der Waals surface area contributed by atoms with Crippen molar-refractivity contribution < 1.29 is 0 Å². The van der Waals surface area contributed by atoms with Crippen LogP contribution in [0, 0.1) is 40.4 Å². The highest BCUT2D eigenvalue weighted by Crippen LogP contribution is 2.53. The topological polar surface area (TPSA) is 0 Å². The van der Waals surface area contributed by atoms with E-state index in [2.05, 4.69) is 62.3 Å². The molecule has 1 fully saturated rings. The van der Waals surface area contributed by atoms with Crippen molar-refractivity contribution in [3.8, 4) is 0 Å². The van der Waals surface area contributed by atoms with Crippen LogP contribution in [-0.4, -0.2) is 10.5 Å². The van der Waals surface area contributed by atoms with Crippen LogP contribution in [0.3, 0.4) is 0 Å². The molecule has 0 N–H and O–H groups in total. The number of rotatable bonds is 2. The highest BCUT2D eigenvalue weighted by Gasteiger charge is 2.46. The van der Waals surface area contributed by atoms with E-state index in [1.165, 1.54) is 19.3 Å². The zero-order chi connectivity index (χ0) is 18.2. The van der Waals surface area contributed by atoms with Gasteiger partial charge in [-0.05, 0) is 53.3 Å². The van der Waals surface area contributed by atoms with Gasteiger partial charge >= 0.3 is 0 Å². The zero-order valence-corrected chi connectivity index (χ0v) is 18.8. The van der Waals surface area contributed by atoms with Gasteiger partial charge in [-0.25, -0.2) is 0 Å². The molecule has 23 heavy (non-hydrogen) atoms. The Labute approximate surface area is 157 Å². The molecule has 4 unspecified atom stereocenters. The second-order valence-corrected chi connectivity index (χ2v) is 11.3. The van der Waals surface area contributed by atoms with Gasteiger partial charge in [0.1, 0.15) is 0 Å². The van der Waals surface area contributed by atoms with Crippen molar-refractivity contribution in [1.82, 2.24) is 0 Å². The number of hydrogen-bond acceptors (Lipinski definition) is 2. The van der Waals surface area contributed by atoms with Gasteiger partial charge in [-0.1, -0.05) is 68.7 Å². The van der Waals surface area contributed by atoms with Crippen LogP contribution in [0.4, 0.5) is 0 Å². The zero-order valence-electron chi connectivity index (χ0n) is 17.1. The van der Waals surface area contributed by atoms with Crippen LogP contribution in [0.2, 0.25) is 0 Å². The normalized spacial score (nSPS) is 41.1. The van der Waals surface area contributed by atoms with E-state index >= 15 is 0 Å². The molecule has 1 aliphatic carbocycles. The van der Waals surface area contributed by atoms with Gasteiger partial charge in [0.25, 0.3) is 0 Å².